The maximum Gasteiger partial charge on any atom is 0.198 e. The van der Waals surface area contributed by atoms with Crippen LogP contribution in [0.1, 0.15) is 31.9 Å². The van der Waals surface area contributed by atoms with Gasteiger partial charge in [-0.25, -0.2) is 0 Å². The first-order valence-electron chi connectivity index (χ1n) is 7.40. The highest BCUT2D eigenvalue weighted by Gasteiger charge is 2.17. The lowest BCUT2D eigenvalue weighted by Gasteiger charge is -2.20. The molecule has 3 aromatic rings. The van der Waals surface area contributed by atoms with Gasteiger partial charge in [0.1, 0.15) is 0 Å². The van der Waals surface area contributed by atoms with Crippen LogP contribution in [0.4, 0.5) is 5.69 Å². The van der Waals surface area contributed by atoms with E-state index in [9.17, 15) is 5.11 Å². The summed E-state index contributed by atoms with van der Waals surface area (Å²) in [6.07, 6.45) is 1.73. The normalized spacial score (nSPS) is 12.3. The number of aliphatic imine (C=N–C) groups is 1. The minimum Gasteiger partial charge on any atom is -0.494 e. The lowest BCUT2D eigenvalue weighted by molar-refractivity contribution is 0.457. The zero-order valence-electron chi connectivity index (χ0n) is 13.1. The predicted octanol–water partition coefficient (Wildman–Crippen LogP) is 4.92. The molecule has 0 atom stereocenters. The van der Waals surface area contributed by atoms with Gasteiger partial charge in [-0.1, -0.05) is 57.2 Å². The Morgan fingerprint density at radius 1 is 1.00 bits per heavy atom. The summed E-state index contributed by atoms with van der Waals surface area (Å²) < 4.78 is 0. The van der Waals surface area contributed by atoms with Crippen molar-refractivity contribution in [3.05, 3.63) is 59.7 Å². The van der Waals surface area contributed by atoms with Gasteiger partial charge in [0.25, 0.3) is 0 Å². The summed E-state index contributed by atoms with van der Waals surface area (Å²) in [4.78, 5) is 7.59. The highest BCUT2D eigenvalue weighted by molar-refractivity contribution is 6.02. The van der Waals surface area contributed by atoms with Crippen molar-refractivity contribution in [3.63, 3.8) is 0 Å². The number of hydrogen-bond acceptors (Lipinski definition) is 2. The molecule has 2 N–H and O–H groups in total. The van der Waals surface area contributed by atoms with Crippen LogP contribution >= 0.6 is 0 Å². The first kappa shape index (κ1) is 14.4. The van der Waals surface area contributed by atoms with E-state index in [4.69, 9.17) is 0 Å². The summed E-state index contributed by atoms with van der Waals surface area (Å²) >= 11 is 0. The number of aromatic hydroxyl groups is 1. The maximum atomic E-state index is 10.1. The van der Waals surface area contributed by atoms with Crippen molar-refractivity contribution >= 4 is 22.8 Å². The molecule has 0 fully saturated rings. The van der Waals surface area contributed by atoms with Gasteiger partial charge in [0.15, 0.2) is 5.88 Å². The third-order valence-electron chi connectivity index (χ3n) is 3.77. The number of nitrogens with one attached hydrogen (secondary N) is 1. The van der Waals surface area contributed by atoms with Crippen LogP contribution in [0, 0.1) is 0 Å². The molecule has 112 valence electrons. The average Bonchev–Trinajstić information content (AvgIpc) is 2.80. The Kier molecular flexibility index (Phi) is 3.49. The number of H-pyrrole nitrogens is 1. The van der Waals surface area contributed by atoms with Gasteiger partial charge in [-0.3, -0.25) is 4.99 Å². The second-order valence-electron chi connectivity index (χ2n) is 6.46. The van der Waals surface area contributed by atoms with Crippen LogP contribution in [-0.4, -0.2) is 16.3 Å². The van der Waals surface area contributed by atoms with Gasteiger partial charge < -0.3 is 10.1 Å². The van der Waals surface area contributed by atoms with Crippen molar-refractivity contribution in [1.82, 2.24) is 4.98 Å². The SMILES string of the molecule is CC(C)(C)c1ccccc1N=Cc1c(O)[nH]c2ccccc12. The van der Waals surface area contributed by atoms with E-state index in [2.05, 4.69) is 36.8 Å². The topological polar surface area (TPSA) is 48.4 Å². The molecular formula is C19H20N2O. The lowest BCUT2D eigenvalue weighted by atomic mass is 9.86. The maximum absolute atomic E-state index is 10.1. The fraction of sp³-hybridized carbons (Fsp3) is 0.211. The second kappa shape index (κ2) is 5.34. The first-order valence-corrected chi connectivity index (χ1v) is 7.40. The van der Waals surface area contributed by atoms with Crippen LogP contribution in [-0.2, 0) is 5.41 Å². The molecule has 2 aromatic carbocycles. The van der Waals surface area contributed by atoms with Crippen molar-refractivity contribution in [3.8, 4) is 5.88 Å². The third-order valence-corrected chi connectivity index (χ3v) is 3.77. The molecule has 0 aliphatic carbocycles. The van der Waals surface area contributed by atoms with E-state index in [0.29, 0.717) is 0 Å². The molecular weight excluding hydrogens is 272 g/mol. The van der Waals surface area contributed by atoms with Gasteiger partial charge in [-0.05, 0) is 23.1 Å². The predicted molar refractivity (Wildman–Crippen MR) is 92.4 cm³/mol. The van der Waals surface area contributed by atoms with Crippen molar-refractivity contribution in [2.45, 2.75) is 26.2 Å². The molecule has 3 heteroatoms. The number of aromatic amines is 1. The van der Waals surface area contributed by atoms with Gasteiger partial charge in [0.05, 0.1) is 11.3 Å². The summed E-state index contributed by atoms with van der Waals surface area (Å²) in [5.74, 6) is 0.151. The highest BCUT2D eigenvalue weighted by Crippen LogP contribution is 2.32. The largest absolute Gasteiger partial charge is 0.494 e. The smallest absolute Gasteiger partial charge is 0.198 e. The van der Waals surface area contributed by atoms with Crippen molar-refractivity contribution in [1.29, 1.82) is 0 Å². The number of para-hydroxylation sites is 2. The minimum atomic E-state index is 0.0240. The van der Waals surface area contributed by atoms with Crippen LogP contribution in [0.2, 0.25) is 0 Å². The van der Waals surface area contributed by atoms with E-state index in [1.54, 1.807) is 6.21 Å². The fourth-order valence-corrected chi connectivity index (χ4v) is 2.63. The van der Waals surface area contributed by atoms with Crippen molar-refractivity contribution in [2.24, 2.45) is 4.99 Å². The molecule has 0 aliphatic rings. The molecule has 0 amide bonds. The van der Waals surface area contributed by atoms with Crippen molar-refractivity contribution < 1.29 is 5.11 Å². The molecule has 22 heavy (non-hydrogen) atoms. The number of benzene rings is 2. The number of fused-ring (bicyclic) bond motifs is 1. The summed E-state index contributed by atoms with van der Waals surface area (Å²) in [5.41, 5.74) is 3.77. The van der Waals surface area contributed by atoms with E-state index >= 15 is 0 Å². The Bertz CT molecular complexity index is 838. The molecule has 0 saturated heterocycles. The van der Waals surface area contributed by atoms with Gasteiger partial charge in [-0.15, -0.1) is 0 Å². The molecule has 3 nitrogen and oxygen atoms in total. The summed E-state index contributed by atoms with van der Waals surface area (Å²) in [5, 5.41) is 11.1. The van der Waals surface area contributed by atoms with Crippen LogP contribution in [0.5, 0.6) is 5.88 Å². The Labute approximate surface area is 130 Å². The highest BCUT2D eigenvalue weighted by atomic mass is 16.3. The molecule has 0 aliphatic heterocycles. The Morgan fingerprint density at radius 3 is 2.45 bits per heavy atom. The second-order valence-corrected chi connectivity index (χ2v) is 6.46. The Balaban J connectivity index is 2.06. The average molecular weight is 292 g/mol. The van der Waals surface area contributed by atoms with Gasteiger partial charge >= 0.3 is 0 Å². The van der Waals surface area contributed by atoms with Gasteiger partial charge in [0.2, 0.25) is 0 Å². The lowest BCUT2D eigenvalue weighted by Crippen LogP contribution is -2.11. The van der Waals surface area contributed by atoms with E-state index < -0.39 is 0 Å². The van der Waals surface area contributed by atoms with E-state index in [1.807, 2.05) is 42.5 Å². The molecule has 0 spiro atoms. The summed E-state index contributed by atoms with van der Waals surface area (Å²) in [6.45, 7) is 6.51. The molecule has 3 rings (SSSR count). The van der Waals surface area contributed by atoms with Gasteiger partial charge in [0, 0.05) is 17.1 Å². The van der Waals surface area contributed by atoms with E-state index in [-0.39, 0.29) is 11.3 Å². The fourth-order valence-electron chi connectivity index (χ4n) is 2.63. The number of aromatic nitrogens is 1. The standard InChI is InChI=1S/C19H20N2O/c1-19(2,3)15-9-5-7-11-17(15)20-12-14-13-8-4-6-10-16(13)21-18(14)22/h4-12,21-22H,1-3H3. The summed E-state index contributed by atoms with van der Waals surface area (Å²) in [6, 6.07) is 15.9. The van der Waals surface area contributed by atoms with Crippen LogP contribution in [0.3, 0.4) is 0 Å². The van der Waals surface area contributed by atoms with Crippen LogP contribution in [0.15, 0.2) is 53.5 Å². The quantitative estimate of drug-likeness (QED) is 0.647. The van der Waals surface area contributed by atoms with Crippen LogP contribution < -0.4 is 0 Å². The van der Waals surface area contributed by atoms with Gasteiger partial charge in [-0.2, -0.15) is 0 Å². The molecule has 1 heterocycles. The molecule has 0 radical (unpaired) electrons. The minimum absolute atomic E-state index is 0.0240. The zero-order valence-corrected chi connectivity index (χ0v) is 13.1. The molecule has 0 unspecified atom stereocenters. The Morgan fingerprint density at radius 2 is 1.68 bits per heavy atom. The molecule has 1 aromatic heterocycles. The summed E-state index contributed by atoms with van der Waals surface area (Å²) in [7, 11) is 0. The first-order chi connectivity index (χ1) is 10.5. The van der Waals surface area contributed by atoms with E-state index in [1.165, 1.54) is 5.56 Å². The zero-order chi connectivity index (χ0) is 15.7. The number of hydrogen-bond donors (Lipinski definition) is 2. The molecule has 0 saturated carbocycles. The Hall–Kier alpha value is -2.55. The monoisotopic (exact) mass is 292 g/mol. The number of rotatable bonds is 2. The third kappa shape index (κ3) is 2.62. The van der Waals surface area contributed by atoms with Crippen LogP contribution in [0.25, 0.3) is 10.9 Å². The van der Waals surface area contributed by atoms with Crippen molar-refractivity contribution in [2.75, 3.05) is 0 Å². The van der Waals surface area contributed by atoms with E-state index in [0.717, 1.165) is 22.2 Å². The molecule has 0 bridgehead atoms. The number of nitrogens with zero attached hydrogens (tertiary/aromatic N) is 1.